The van der Waals surface area contributed by atoms with Crippen molar-refractivity contribution in [3.05, 3.63) is 53.6 Å². The van der Waals surface area contributed by atoms with Gasteiger partial charge in [-0.1, -0.05) is 6.07 Å². The van der Waals surface area contributed by atoms with E-state index in [2.05, 4.69) is 23.1 Å². The van der Waals surface area contributed by atoms with Gasteiger partial charge in [-0.05, 0) is 92.7 Å². The van der Waals surface area contributed by atoms with E-state index in [1.807, 2.05) is 29.2 Å². The molecule has 0 bridgehead atoms. The first-order chi connectivity index (χ1) is 13.3. The monoisotopic (exact) mass is 362 g/mol. The minimum atomic E-state index is 0.217. The van der Waals surface area contributed by atoms with Crippen LogP contribution in [0.15, 0.2) is 42.5 Å². The lowest BCUT2D eigenvalue weighted by Gasteiger charge is -2.22. The van der Waals surface area contributed by atoms with Crippen LogP contribution < -0.4 is 9.64 Å². The molecule has 5 rings (SSSR count). The Balaban J connectivity index is 1.27. The molecular formula is C23H26N2O2. The predicted molar refractivity (Wildman–Crippen MR) is 107 cm³/mol. The summed E-state index contributed by atoms with van der Waals surface area (Å²) in [6.45, 7) is 3.34. The third kappa shape index (κ3) is 3.34. The summed E-state index contributed by atoms with van der Waals surface area (Å²) >= 11 is 0. The fourth-order valence-corrected chi connectivity index (χ4v) is 4.75. The van der Waals surface area contributed by atoms with E-state index < -0.39 is 0 Å². The summed E-state index contributed by atoms with van der Waals surface area (Å²) in [7, 11) is 0. The molecule has 2 aromatic carbocycles. The van der Waals surface area contributed by atoms with E-state index in [9.17, 15) is 4.79 Å². The van der Waals surface area contributed by atoms with Crippen LogP contribution in [0.2, 0.25) is 0 Å². The SMILES string of the molecule is O=C1CCCN1c1ccc(Oc2ccc3c(c2)CC(N2CCCC2)C3)cc1. The molecule has 4 heteroatoms. The van der Waals surface area contributed by atoms with Gasteiger partial charge in [-0.15, -0.1) is 0 Å². The molecule has 2 saturated heterocycles. The first kappa shape index (κ1) is 16.8. The maximum absolute atomic E-state index is 11.9. The Morgan fingerprint density at radius 2 is 1.56 bits per heavy atom. The average molecular weight is 362 g/mol. The van der Waals surface area contributed by atoms with Crippen LogP contribution in [0.25, 0.3) is 0 Å². The molecule has 4 nitrogen and oxygen atoms in total. The zero-order valence-electron chi connectivity index (χ0n) is 15.7. The molecule has 0 aromatic heterocycles. The number of amides is 1. The number of benzene rings is 2. The minimum absolute atomic E-state index is 0.217. The van der Waals surface area contributed by atoms with Crippen molar-refractivity contribution in [1.82, 2.24) is 4.90 Å². The Hall–Kier alpha value is -2.33. The molecule has 1 amide bonds. The molecule has 0 N–H and O–H groups in total. The van der Waals surface area contributed by atoms with Crippen LogP contribution in [0.4, 0.5) is 5.69 Å². The molecule has 1 aliphatic carbocycles. The van der Waals surface area contributed by atoms with Crippen LogP contribution in [0, 0.1) is 0 Å². The number of hydrogen-bond donors (Lipinski definition) is 0. The highest BCUT2D eigenvalue weighted by atomic mass is 16.5. The smallest absolute Gasteiger partial charge is 0.227 e. The molecule has 3 aliphatic rings. The Kier molecular flexibility index (Phi) is 4.36. The Bertz CT molecular complexity index is 840. The van der Waals surface area contributed by atoms with Crippen molar-refractivity contribution >= 4 is 11.6 Å². The average Bonchev–Trinajstić information content (AvgIpc) is 3.42. The van der Waals surface area contributed by atoms with Crippen molar-refractivity contribution in [1.29, 1.82) is 0 Å². The highest BCUT2D eigenvalue weighted by Crippen LogP contribution is 2.33. The molecule has 2 aliphatic heterocycles. The number of rotatable bonds is 4. The number of fused-ring (bicyclic) bond motifs is 1. The van der Waals surface area contributed by atoms with Gasteiger partial charge in [0.1, 0.15) is 11.5 Å². The van der Waals surface area contributed by atoms with Crippen molar-refractivity contribution in [2.45, 2.75) is 44.6 Å². The van der Waals surface area contributed by atoms with Crippen molar-refractivity contribution in [3.63, 3.8) is 0 Å². The van der Waals surface area contributed by atoms with Gasteiger partial charge in [0.15, 0.2) is 0 Å². The largest absolute Gasteiger partial charge is 0.457 e. The summed E-state index contributed by atoms with van der Waals surface area (Å²) in [6, 6.07) is 15.1. The van der Waals surface area contributed by atoms with Crippen LogP contribution in [-0.4, -0.2) is 36.5 Å². The number of nitrogens with zero attached hydrogens (tertiary/aromatic N) is 2. The van der Waals surface area contributed by atoms with E-state index in [1.54, 1.807) is 0 Å². The fourth-order valence-electron chi connectivity index (χ4n) is 4.75. The van der Waals surface area contributed by atoms with Crippen LogP contribution >= 0.6 is 0 Å². The highest BCUT2D eigenvalue weighted by molar-refractivity contribution is 5.95. The molecule has 2 heterocycles. The van der Waals surface area contributed by atoms with Crippen LogP contribution in [0.3, 0.4) is 0 Å². The lowest BCUT2D eigenvalue weighted by Crippen LogP contribution is -2.33. The molecular weight excluding hydrogens is 336 g/mol. The Morgan fingerprint density at radius 3 is 2.30 bits per heavy atom. The third-order valence-electron chi connectivity index (χ3n) is 6.20. The lowest BCUT2D eigenvalue weighted by atomic mass is 10.1. The second-order valence-corrected chi connectivity index (χ2v) is 7.98. The minimum Gasteiger partial charge on any atom is -0.457 e. The maximum Gasteiger partial charge on any atom is 0.227 e. The van der Waals surface area contributed by atoms with E-state index >= 15 is 0 Å². The molecule has 2 fully saturated rings. The molecule has 1 atom stereocenters. The van der Waals surface area contributed by atoms with Crippen LogP contribution in [0.5, 0.6) is 11.5 Å². The second-order valence-electron chi connectivity index (χ2n) is 7.98. The first-order valence-corrected chi connectivity index (χ1v) is 10.2. The molecule has 0 spiro atoms. The second kappa shape index (κ2) is 7.01. The summed E-state index contributed by atoms with van der Waals surface area (Å²) in [5.74, 6) is 1.94. The first-order valence-electron chi connectivity index (χ1n) is 10.2. The van der Waals surface area contributed by atoms with Crippen molar-refractivity contribution in [2.75, 3.05) is 24.5 Å². The van der Waals surface area contributed by atoms with Gasteiger partial charge >= 0.3 is 0 Å². The number of likely N-dealkylation sites (tertiary alicyclic amines) is 1. The van der Waals surface area contributed by atoms with Crippen molar-refractivity contribution < 1.29 is 9.53 Å². The quantitative estimate of drug-likeness (QED) is 0.818. The predicted octanol–water partition coefficient (Wildman–Crippen LogP) is 4.17. The summed E-state index contributed by atoms with van der Waals surface area (Å²) in [4.78, 5) is 16.4. The summed E-state index contributed by atoms with van der Waals surface area (Å²) < 4.78 is 6.09. The van der Waals surface area contributed by atoms with Gasteiger partial charge < -0.3 is 9.64 Å². The van der Waals surface area contributed by atoms with Crippen molar-refractivity contribution in [3.8, 4) is 11.5 Å². The molecule has 0 radical (unpaired) electrons. The van der Waals surface area contributed by atoms with Gasteiger partial charge in [0.25, 0.3) is 0 Å². The van der Waals surface area contributed by atoms with Crippen LogP contribution in [0.1, 0.15) is 36.8 Å². The van der Waals surface area contributed by atoms with Gasteiger partial charge in [-0.2, -0.15) is 0 Å². The van der Waals surface area contributed by atoms with Crippen molar-refractivity contribution in [2.24, 2.45) is 0 Å². The maximum atomic E-state index is 11.9. The number of hydrogen-bond acceptors (Lipinski definition) is 3. The summed E-state index contributed by atoms with van der Waals surface area (Å²) in [5.41, 5.74) is 3.87. The Morgan fingerprint density at radius 1 is 0.815 bits per heavy atom. The van der Waals surface area contributed by atoms with Crippen LogP contribution in [-0.2, 0) is 17.6 Å². The van der Waals surface area contributed by atoms with Gasteiger partial charge in [0, 0.05) is 24.7 Å². The highest BCUT2D eigenvalue weighted by Gasteiger charge is 2.28. The molecule has 0 saturated carbocycles. The molecule has 1 unspecified atom stereocenters. The summed E-state index contributed by atoms with van der Waals surface area (Å²) in [5, 5.41) is 0. The molecule has 27 heavy (non-hydrogen) atoms. The normalized spacial score (nSPS) is 22.4. The van der Waals surface area contributed by atoms with Gasteiger partial charge in [-0.25, -0.2) is 0 Å². The van der Waals surface area contributed by atoms with E-state index in [1.165, 1.54) is 43.5 Å². The number of anilines is 1. The van der Waals surface area contributed by atoms with Gasteiger partial charge in [0.2, 0.25) is 5.91 Å². The van der Waals surface area contributed by atoms with E-state index in [0.717, 1.165) is 36.6 Å². The molecule has 2 aromatic rings. The van der Waals surface area contributed by atoms with Gasteiger partial charge in [-0.3, -0.25) is 9.69 Å². The van der Waals surface area contributed by atoms with Gasteiger partial charge in [0.05, 0.1) is 0 Å². The topological polar surface area (TPSA) is 32.8 Å². The standard InChI is InChI=1S/C23H26N2O2/c26-23-4-3-13-25(23)19-6-9-21(10-7-19)27-22-8-5-17-14-20(15-18(17)16-22)24-11-1-2-12-24/h5-10,16,20H,1-4,11-15H2. The zero-order chi connectivity index (χ0) is 18.2. The van der Waals surface area contributed by atoms with E-state index in [-0.39, 0.29) is 5.91 Å². The Labute approximate surface area is 160 Å². The van der Waals surface area contributed by atoms with E-state index in [4.69, 9.17) is 4.74 Å². The lowest BCUT2D eigenvalue weighted by molar-refractivity contribution is -0.117. The van der Waals surface area contributed by atoms with E-state index in [0.29, 0.717) is 12.5 Å². The number of carbonyl (C=O) groups is 1. The summed E-state index contributed by atoms with van der Waals surface area (Å²) in [6.07, 6.45) is 6.62. The fraction of sp³-hybridized carbons (Fsp3) is 0.435. The zero-order valence-corrected chi connectivity index (χ0v) is 15.7. The molecule has 140 valence electrons. The number of ether oxygens (including phenoxy) is 1. The number of carbonyl (C=O) groups excluding carboxylic acids is 1. The third-order valence-corrected chi connectivity index (χ3v) is 6.20.